The molecule has 4 heterocycles. The number of rotatable bonds is 6. The number of amides is 2. The minimum absolute atomic E-state index is 0.0680. The van der Waals surface area contributed by atoms with Crippen molar-refractivity contribution < 1.29 is 9.59 Å². The van der Waals surface area contributed by atoms with Gasteiger partial charge in [0.25, 0.3) is 0 Å². The lowest BCUT2D eigenvalue weighted by molar-refractivity contribution is -0.134. The van der Waals surface area contributed by atoms with E-state index in [-0.39, 0.29) is 17.9 Å². The van der Waals surface area contributed by atoms with Gasteiger partial charge in [0, 0.05) is 68.2 Å². The maximum absolute atomic E-state index is 13.4. The SMILES string of the molecule is O=C1[C@H]2CCC(=O)N2Cc2cc(Br)ccc2N1CCCCN1CCN(c2ncccn2)CC1. The molecule has 2 saturated heterocycles. The van der Waals surface area contributed by atoms with Gasteiger partial charge in [-0.05, 0) is 55.6 Å². The Morgan fingerprint density at radius 2 is 1.76 bits per heavy atom. The summed E-state index contributed by atoms with van der Waals surface area (Å²) in [7, 11) is 0. The van der Waals surface area contributed by atoms with Gasteiger partial charge >= 0.3 is 0 Å². The van der Waals surface area contributed by atoms with Crippen molar-refractivity contribution in [1.29, 1.82) is 0 Å². The number of benzene rings is 1. The summed E-state index contributed by atoms with van der Waals surface area (Å²) in [6.07, 6.45) is 6.63. The smallest absolute Gasteiger partial charge is 0.249 e. The summed E-state index contributed by atoms with van der Waals surface area (Å²) in [5, 5.41) is 0. The van der Waals surface area contributed by atoms with Gasteiger partial charge in [0.05, 0.1) is 0 Å². The van der Waals surface area contributed by atoms with Gasteiger partial charge in [0.1, 0.15) is 6.04 Å². The number of anilines is 2. The fraction of sp³-hybridized carbons (Fsp3) is 0.500. The van der Waals surface area contributed by atoms with E-state index in [1.165, 1.54) is 0 Å². The van der Waals surface area contributed by atoms with Crippen LogP contribution in [0.15, 0.2) is 41.1 Å². The number of halogens is 1. The van der Waals surface area contributed by atoms with Gasteiger partial charge in [-0.2, -0.15) is 0 Å². The van der Waals surface area contributed by atoms with Crippen molar-refractivity contribution in [3.05, 3.63) is 46.7 Å². The summed E-state index contributed by atoms with van der Waals surface area (Å²) >= 11 is 3.54. The van der Waals surface area contributed by atoms with Crippen LogP contribution < -0.4 is 9.80 Å². The number of fused-ring (bicyclic) bond motifs is 2. The van der Waals surface area contributed by atoms with Crippen molar-refractivity contribution in [2.45, 2.75) is 38.3 Å². The lowest BCUT2D eigenvalue weighted by atomic mass is 10.1. The molecule has 1 atom stereocenters. The first kappa shape index (κ1) is 22.3. The van der Waals surface area contributed by atoms with Crippen molar-refractivity contribution >= 4 is 39.4 Å². The highest BCUT2D eigenvalue weighted by Gasteiger charge is 2.41. The number of piperazine rings is 1. The van der Waals surface area contributed by atoms with E-state index in [4.69, 9.17) is 0 Å². The minimum Gasteiger partial charge on any atom is -0.338 e. The molecule has 2 amide bonds. The molecule has 1 aromatic carbocycles. The highest BCUT2D eigenvalue weighted by atomic mass is 79.9. The van der Waals surface area contributed by atoms with Gasteiger partial charge in [-0.25, -0.2) is 9.97 Å². The Labute approximate surface area is 202 Å². The van der Waals surface area contributed by atoms with Crippen molar-refractivity contribution in [1.82, 2.24) is 19.8 Å². The van der Waals surface area contributed by atoms with Crippen LogP contribution in [-0.4, -0.2) is 76.9 Å². The van der Waals surface area contributed by atoms with Gasteiger partial charge < -0.3 is 14.7 Å². The number of aromatic nitrogens is 2. The molecule has 174 valence electrons. The normalized spacial score (nSPS) is 21.2. The predicted octanol–water partition coefficient (Wildman–Crippen LogP) is 2.68. The Morgan fingerprint density at radius 3 is 2.55 bits per heavy atom. The van der Waals surface area contributed by atoms with Crippen LogP contribution in [0, 0.1) is 0 Å². The van der Waals surface area contributed by atoms with Crippen molar-refractivity contribution in [2.75, 3.05) is 49.1 Å². The van der Waals surface area contributed by atoms with Crippen LogP contribution in [0.1, 0.15) is 31.2 Å². The second kappa shape index (κ2) is 9.77. The van der Waals surface area contributed by atoms with E-state index in [0.29, 0.717) is 25.9 Å². The first-order valence-electron chi connectivity index (χ1n) is 11.7. The molecule has 0 unspecified atom stereocenters. The molecule has 33 heavy (non-hydrogen) atoms. The molecule has 0 N–H and O–H groups in total. The Hall–Kier alpha value is -2.52. The number of carbonyl (C=O) groups excluding carboxylic acids is 2. The highest BCUT2D eigenvalue weighted by molar-refractivity contribution is 9.10. The van der Waals surface area contributed by atoms with Crippen molar-refractivity contribution in [2.24, 2.45) is 0 Å². The highest BCUT2D eigenvalue weighted by Crippen LogP contribution is 2.34. The number of nitrogens with zero attached hydrogens (tertiary/aromatic N) is 6. The van der Waals surface area contributed by atoms with Gasteiger partial charge in [-0.15, -0.1) is 0 Å². The molecule has 9 heteroatoms. The van der Waals surface area contributed by atoms with E-state index in [2.05, 4.69) is 35.7 Å². The van der Waals surface area contributed by atoms with Gasteiger partial charge in [0.2, 0.25) is 17.8 Å². The average molecular weight is 513 g/mol. The molecule has 3 aliphatic rings. The third-order valence-corrected chi connectivity index (χ3v) is 7.36. The van der Waals surface area contributed by atoms with Crippen LogP contribution in [0.2, 0.25) is 0 Å². The van der Waals surface area contributed by atoms with Crippen LogP contribution in [0.25, 0.3) is 0 Å². The Bertz CT molecular complexity index is 1010. The Kier molecular flexibility index (Phi) is 6.59. The number of unbranched alkanes of at least 4 members (excludes halogenated alkanes) is 1. The predicted molar refractivity (Wildman–Crippen MR) is 130 cm³/mol. The van der Waals surface area contributed by atoms with Crippen LogP contribution in [0.3, 0.4) is 0 Å². The van der Waals surface area contributed by atoms with E-state index in [9.17, 15) is 9.59 Å². The molecule has 0 radical (unpaired) electrons. The minimum atomic E-state index is -0.322. The van der Waals surface area contributed by atoms with Gasteiger partial charge in [-0.3, -0.25) is 14.5 Å². The van der Waals surface area contributed by atoms with E-state index in [1.54, 1.807) is 17.3 Å². The zero-order valence-corrected chi connectivity index (χ0v) is 20.3. The molecule has 3 aliphatic heterocycles. The van der Waals surface area contributed by atoms with E-state index in [0.717, 1.165) is 67.2 Å². The lowest BCUT2D eigenvalue weighted by Crippen LogP contribution is -2.47. The standard InChI is InChI=1S/C24H29BrN6O2/c25-19-4-5-20-18(16-19)17-31-21(6-7-22(31)32)23(33)30(20)11-2-1-10-28-12-14-29(15-13-28)24-26-8-3-9-27-24/h3-5,8-9,16,21H,1-2,6-7,10-15,17H2/t21-/m1/s1. The topological polar surface area (TPSA) is 72.9 Å². The first-order valence-corrected chi connectivity index (χ1v) is 12.5. The fourth-order valence-electron chi connectivity index (χ4n) is 5.08. The maximum Gasteiger partial charge on any atom is 0.249 e. The largest absolute Gasteiger partial charge is 0.338 e. The van der Waals surface area contributed by atoms with Crippen LogP contribution in [0.5, 0.6) is 0 Å². The summed E-state index contributed by atoms with van der Waals surface area (Å²) in [5.74, 6) is 0.959. The van der Waals surface area contributed by atoms with E-state index >= 15 is 0 Å². The first-order chi connectivity index (χ1) is 16.1. The quantitative estimate of drug-likeness (QED) is 0.554. The number of carbonyl (C=O) groups is 2. The number of hydrogen-bond donors (Lipinski definition) is 0. The zero-order chi connectivity index (χ0) is 22.8. The molecule has 2 fully saturated rings. The molecular formula is C24H29BrN6O2. The monoisotopic (exact) mass is 512 g/mol. The van der Waals surface area contributed by atoms with Crippen LogP contribution in [-0.2, 0) is 16.1 Å². The van der Waals surface area contributed by atoms with Crippen molar-refractivity contribution in [3.8, 4) is 0 Å². The van der Waals surface area contributed by atoms with E-state index in [1.807, 2.05) is 29.2 Å². The molecule has 8 nitrogen and oxygen atoms in total. The third-order valence-electron chi connectivity index (χ3n) is 6.87. The summed E-state index contributed by atoms with van der Waals surface area (Å²) in [5.41, 5.74) is 1.98. The second-order valence-electron chi connectivity index (χ2n) is 8.92. The summed E-state index contributed by atoms with van der Waals surface area (Å²) in [4.78, 5) is 42.9. The van der Waals surface area contributed by atoms with Crippen LogP contribution >= 0.6 is 15.9 Å². The lowest BCUT2D eigenvalue weighted by Gasteiger charge is -2.34. The second-order valence-corrected chi connectivity index (χ2v) is 9.84. The van der Waals surface area contributed by atoms with Gasteiger partial charge in [-0.1, -0.05) is 15.9 Å². The van der Waals surface area contributed by atoms with E-state index < -0.39 is 0 Å². The molecule has 1 aromatic heterocycles. The molecule has 2 aromatic rings. The molecular weight excluding hydrogens is 484 g/mol. The molecule has 5 rings (SSSR count). The summed E-state index contributed by atoms with van der Waals surface area (Å²) in [6, 6.07) is 7.55. The zero-order valence-electron chi connectivity index (χ0n) is 18.7. The Morgan fingerprint density at radius 1 is 1.00 bits per heavy atom. The summed E-state index contributed by atoms with van der Waals surface area (Å²) in [6.45, 7) is 6.07. The van der Waals surface area contributed by atoms with Crippen LogP contribution in [0.4, 0.5) is 11.6 Å². The number of hydrogen-bond acceptors (Lipinski definition) is 6. The fourth-order valence-corrected chi connectivity index (χ4v) is 5.49. The Balaban J connectivity index is 1.17. The molecule has 0 spiro atoms. The molecule has 0 saturated carbocycles. The van der Waals surface area contributed by atoms with Crippen molar-refractivity contribution in [3.63, 3.8) is 0 Å². The van der Waals surface area contributed by atoms with Gasteiger partial charge in [0.15, 0.2) is 0 Å². The maximum atomic E-state index is 13.4. The average Bonchev–Trinajstić information content (AvgIpc) is 3.15. The third kappa shape index (κ3) is 4.75. The summed E-state index contributed by atoms with van der Waals surface area (Å²) < 4.78 is 0.971. The molecule has 0 bridgehead atoms. The molecule has 0 aliphatic carbocycles.